The second-order valence-electron chi connectivity index (χ2n) is 4.79. The van der Waals surface area contributed by atoms with Gasteiger partial charge in [-0.25, -0.2) is 0 Å². The van der Waals surface area contributed by atoms with Crippen molar-refractivity contribution < 1.29 is 4.79 Å². The molecule has 22 heavy (non-hydrogen) atoms. The molecule has 0 bridgehead atoms. The molecule has 1 heterocycles. The molecular weight excluding hydrogens is 320 g/mol. The molecule has 0 aliphatic carbocycles. The lowest BCUT2D eigenvalue weighted by Crippen LogP contribution is -2.29. The van der Waals surface area contributed by atoms with Gasteiger partial charge in [0.05, 0.1) is 11.2 Å². The third-order valence-corrected chi connectivity index (χ3v) is 3.44. The number of carbonyl (C=O) groups is 1. The fourth-order valence-corrected chi connectivity index (χ4v) is 2.24. The Kier molecular flexibility index (Phi) is 5.91. The first kappa shape index (κ1) is 16.5. The summed E-state index contributed by atoms with van der Waals surface area (Å²) >= 11 is 11.0. The summed E-state index contributed by atoms with van der Waals surface area (Å²) in [5.41, 5.74) is 1.53. The summed E-state index contributed by atoms with van der Waals surface area (Å²) in [6.07, 6.45) is 4.28. The zero-order chi connectivity index (χ0) is 15.9. The largest absolute Gasteiger partial charge is 0.362 e. The molecule has 0 saturated carbocycles. The zero-order valence-electron chi connectivity index (χ0n) is 12.2. The summed E-state index contributed by atoms with van der Waals surface area (Å²) in [4.78, 5) is 11.2. The Morgan fingerprint density at radius 3 is 2.68 bits per heavy atom. The summed E-state index contributed by atoms with van der Waals surface area (Å²) in [6, 6.07) is 7.20. The molecule has 0 saturated heterocycles. The Hall–Kier alpha value is -1.92. The van der Waals surface area contributed by atoms with Gasteiger partial charge in [0.15, 0.2) is 10.9 Å². The van der Waals surface area contributed by atoms with E-state index >= 15 is 0 Å². The monoisotopic (exact) mass is 336 g/mol. The van der Waals surface area contributed by atoms with Crippen molar-refractivity contribution in [3.05, 3.63) is 47.2 Å². The molecule has 2 rings (SSSR count). The Balaban J connectivity index is 1.70. The smallest absolute Gasteiger partial charge is 0.170 e. The summed E-state index contributed by atoms with van der Waals surface area (Å²) in [5.74, 6) is 0.0472. The van der Waals surface area contributed by atoms with Crippen molar-refractivity contribution in [3.63, 3.8) is 0 Å². The van der Waals surface area contributed by atoms with Gasteiger partial charge in [-0.15, -0.1) is 0 Å². The molecule has 0 aliphatic rings. The molecule has 5 nitrogen and oxygen atoms in total. The van der Waals surface area contributed by atoms with Gasteiger partial charge in [-0.05, 0) is 49.8 Å². The molecule has 116 valence electrons. The number of hydrogen-bond acceptors (Lipinski definition) is 3. The first-order chi connectivity index (χ1) is 10.5. The molecule has 0 amide bonds. The molecule has 7 heteroatoms. The van der Waals surface area contributed by atoms with Crippen molar-refractivity contribution in [1.82, 2.24) is 15.1 Å². The van der Waals surface area contributed by atoms with Crippen molar-refractivity contribution in [1.29, 1.82) is 0 Å². The molecular formula is C15H17ClN4OS. The van der Waals surface area contributed by atoms with Crippen LogP contribution in [0.3, 0.4) is 0 Å². The van der Waals surface area contributed by atoms with Crippen LogP contribution in [-0.4, -0.2) is 27.2 Å². The van der Waals surface area contributed by atoms with E-state index < -0.39 is 0 Å². The highest BCUT2D eigenvalue weighted by molar-refractivity contribution is 7.80. The van der Waals surface area contributed by atoms with Gasteiger partial charge in [0.25, 0.3) is 0 Å². The number of aryl methyl sites for hydroxylation is 1. The summed E-state index contributed by atoms with van der Waals surface area (Å²) in [5, 5.41) is 11.5. The fourth-order valence-electron chi connectivity index (χ4n) is 1.87. The first-order valence-electron chi connectivity index (χ1n) is 6.88. The number of aromatic nitrogens is 2. The lowest BCUT2D eigenvalue weighted by Gasteiger charge is -2.10. The van der Waals surface area contributed by atoms with Crippen LogP contribution >= 0.6 is 23.8 Å². The average Bonchev–Trinajstić information content (AvgIpc) is 2.90. The van der Waals surface area contributed by atoms with Crippen LogP contribution in [-0.2, 0) is 6.54 Å². The third-order valence-electron chi connectivity index (χ3n) is 3.00. The molecule has 0 unspecified atom stereocenters. The zero-order valence-corrected chi connectivity index (χ0v) is 13.7. The number of hydrogen-bond donors (Lipinski definition) is 2. The third kappa shape index (κ3) is 5.13. The minimum atomic E-state index is 0.0472. The molecule has 1 aromatic heterocycles. The Bertz CT molecular complexity index is 654. The number of halogens is 1. The predicted molar refractivity (Wildman–Crippen MR) is 92.5 cm³/mol. The predicted octanol–water partition coefficient (Wildman–Crippen LogP) is 3.12. The average molecular weight is 337 g/mol. The molecule has 0 radical (unpaired) electrons. The van der Waals surface area contributed by atoms with E-state index in [1.54, 1.807) is 36.1 Å². The van der Waals surface area contributed by atoms with E-state index in [4.69, 9.17) is 23.8 Å². The highest BCUT2D eigenvalue weighted by Gasteiger charge is 2.01. The van der Waals surface area contributed by atoms with Gasteiger partial charge in [0.1, 0.15) is 0 Å². The molecule has 2 N–H and O–H groups in total. The molecule has 0 aliphatic heterocycles. The number of nitrogens with one attached hydrogen (secondary N) is 2. The number of carbonyl (C=O) groups excluding carboxylic acids is 1. The van der Waals surface area contributed by atoms with Gasteiger partial charge in [0, 0.05) is 30.5 Å². The van der Waals surface area contributed by atoms with E-state index in [-0.39, 0.29) is 5.78 Å². The van der Waals surface area contributed by atoms with Gasteiger partial charge < -0.3 is 10.6 Å². The van der Waals surface area contributed by atoms with E-state index in [0.717, 1.165) is 25.2 Å². The number of Topliss-reactive ketones (excluding diaryl/α,β-unsaturated/α-hetero) is 1. The second kappa shape index (κ2) is 7.91. The minimum Gasteiger partial charge on any atom is -0.362 e. The highest BCUT2D eigenvalue weighted by atomic mass is 35.5. The van der Waals surface area contributed by atoms with Gasteiger partial charge in [-0.3, -0.25) is 9.48 Å². The Morgan fingerprint density at radius 1 is 1.36 bits per heavy atom. The number of thiocarbonyl (C=S) groups is 1. The van der Waals surface area contributed by atoms with Crippen molar-refractivity contribution in [2.24, 2.45) is 0 Å². The van der Waals surface area contributed by atoms with E-state index in [0.29, 0.717) is 15.7 Å². The van der Waals surface area contributed by atoms with Crippen molar-refractivity contribution in [2.75, 3.05) is 11.9 Å². The van der Waals surface area contributed by atoms with Crippen molar-refractivity contribution in [2.45, 2.75) is 19.9 Å². The van der Waals surface area contributed by atoms with Gasteiger partial charge in [0.2, 0.25) is 0 Å². The SMILES string of the molecule is CC(=O)c1ccc(NC(=S)NCCCn2cc(Cl)cn2)cc1. The topological polar surface area (TPSA) is 59.0 Å². The van der Waals surface area contributed by atoms with Crippen LogP contribution in [0.2, 0.25) is 5.02 Å². The van der Waals surface area contributed by atoms with Crippen LogP contribution in [0.1, 0.15) is 23.7 Å². The number of nitrogens with zero attached hydrogens (tertiary/aromatic N) is 2. The van der Waals surface area contributed by atoms with E-state index in [1.165, 1.54) is 0 Å². The number of ketones is 1. The quantitative estimate of drug-likeness (QED) is 0.482. The molecule has 0 atom stereocenters. The van der Waals surface area contributed by atoms with Crippen LogP contribution in [0, 0.1) is 0 Å². The van der Waals surface area contributed by atoms with Crippen LogP contribution < -0.4 is 10.6 Å². The molecule has 2 aromatic rings. The number of anilines is 1. The number of benzene rings is 1. The fraction of sp³-hybridized carbons (Fsp3) is 0.267. The van der Waals surface area contributed by atoms with E-state index in [9.17, 15) is 4.79 Å². The van der Waals surface area contributed by atoms with Crippen LogP contribution in [0.25, 0.3) is 0 Å². The van der Waals surface area contributed by atoms with Gasteiger partial charge >= 0.3 is 0 Å². The van der Waals surface area contributed by atoms with E-state index in [1.807, 2.05) is 12.1 Å². The van der Waals surface area contributed by atoms with Crippen LogP contribution in [0.5, 0.6) is 0 Å². The standard InChI is InChI=1S/C15H17ClN4OS/c1-11(21)12-3-5-14(6-4-12)19-15(22)17-7-2-8-20-10-13(16)9-18-20/h3-6,9-10H,2,7-8H2,1H3,(H2,17,19,22). The minimum absolute atomic E-state index is 0.0472. The number of rotatable bonds is 6. The van der Waals surface area contributed by atoms with E-state index in [2.05, 4.69) is 15.7 Å². The molecule has 0 fully saturated rings. The van der Waals surface area contributed by atoms with Crippen molar-refractivity contribution >= 4 is 40.4 Å². The maximum Gasteiger partial charge on any atom is 0.170 e. The Morgan fingerprint density at radius 2 is 2.09 bits per heavy atom. The normalized spacial score (nSPS) is 10.3. The second-order valence-corrected chi connectivity index (χ2v) is 5.63. The summed E-state index contributed by atoms with van der Waals surface area (Å²) < 4.78 is 1.79. The molecule has 0 spiro atoms. The lowest BCUT2D eigenvalue weighted by molar-refractivity contribution is 0.101. The first-order valence-corrected chi connectivity index (χ1v) is 7.67. The maximum atomic E-state index is 11.2. The summed E-state index contributed by atoms with van der Waals surface area (Å²) in [7, 11) is 0. The van der Waals surface area contributed by atoms with Gasteiger partial charge in [-0.2, -0.15) is 5.10 Å². The summed E-state index contributed by atoms with van der Waals surface area (Å²) in [6.45, 7) is 3.05. The lowest BCUT2D eigenvalue weighted by atomic mass is 10.1. The highest BCUT2D eigenvalue weighted by Crippen LogP contribution is 2.10. The van der Waals surface area contributed by atoms with Crippen LogP contribution in [0.15, 0.2) is 36.7 Å². The maximum absolute atomic E-state index is 11.2. The Labute approximate surface area is 139 Å². The molecule has 1 aromatic carbocycles. The van der Waals surface area contributed by atoms with Crippen molar-refractivity contribution in [3.8, 4) is 0 Å². The van der Waals surface area contributed by atoms with Crippen LogP contribution in [0.4, 0.5) is 5.69 Å². The van der Waals surface area contributed by atoms with Gasteiger partial charge in [-0.1, -0.05) is 11.6 Å².